The van der Waals surface area contributed by atoms with Crippen molar-refractivity contribution in [2.45, 2.75) is 11.8 Å². The Morgan fingerprint density at radius 2 is 2.00 bits per heavy atom. The maximum Gasteiger partial charge on any atom is 0.267 e. The van der Waals surface area contributed by atoms with Gasteiger partial charge in [0.2, 0.25) is 0 Å². The minimum absolute atomic E-state index is 0.0661. The van der Waals surface area contributed by atoms with E-state index >= 15 is 0 Å². The standard InChI is InChI=1S/C15H15ClN2O2S/c1-10(19)11-8-14(18-9-11)15(20)17-6-7-21-13-4-2-12(16)3-5-13/h2-5,8-9,18H,6-7H2,1H3,(H,17,20). The largest absolute Gasteiger partial charge is 0.356 e. The van der Waals surface area contributed by atoms with E-state index in [9.17, 15) is 9.59 Å². The second kappa shape index (κ2) is 7.33. The van der Waals surface area contributed by atoms with Crippen LogP contribution < -0.4 is 5.32 Å². The van der Waals surface area contributed by atoms with Gasteiger partial charge in [-0.3, -0.25) is 9.59 Å². The molecule has 2 aromatic rings. The molecule has 0 aliphatic rings. The molecule has 1 amide bonds. The molecule has 6 heteroatoms. The molecule has 0 aliphatic carbocycles. The van der Waals surface area contributed by atoms with Gasteiger partial charge in [-0.1, -0.05) is 11.6 Å². The van der Waals surface area contributed by atoms with Gasteiger partial charge in [-0.25, -0.2) is 0 Å². The fourth-order valence-electron chi connectivity index (χ4n) is 1.69. The average Bonchev–Trinajstić information content (AvgIpc) is 2.95. The predicted molar refractivity (Wildman–Crippen MR) is 85.3 cm³/mol. The smallest absolute Gasteiger partial charge is 0.267 e. The van der Waals surface area contributed by atoms with Crippen molar-refractivity contribution < 1.29 is 9.59 Å². The summed E-state index contributed by atoms with van der Waals surface area (Å²) >= 11 is 7.45. The number of carbonyl (C=O) groups is 2. The number of aromatic nitrogens is 1. The molecule has 2 rings (SSSR count). The SMILES string of the molecule is CC(=O)c1c[nH]c(C(=O)NCCSc2ccc(Cl)cc2)c1. The van der Waals surface area contributed by atoms with E-state index in [1.54, 1.807) is 24.0 Å². The zero-order valence-electron chi connectivity index (χ0n) is 11.5. The third kappa shape index (κ3) is 4.65. The summed E-state index contributed by atoms with van der Waals surface area (Å²) in [4.78, 5) is 26.9. The van der Waals surface area contributed by atoms with Crippen LogP contribution in [0.4, 0.5) is 0 Å². The Morgan fingerprint density at radius 3 is 2.62 bits per heavy atom. The number of halogens is 1. The lowest BCUT2D eigenvalue weighted by molar-refractivity contribution is 0.0951. The van der Waals surface area contributed by atoms with Crippen LogP contribution in [0.15, 0.2) is 41.4 Å². The number of hydrogen-bond donors (Lipinski definition) is 2. The molecule has 0 spiro atoms. The van der Waals surface area contributed by atoms with Gasteiger partial charge in [0.15, 0.2) is 5.78 Å². The van der Waals surface area contributed by atoms with Crippen LogP contribution in [0.3, 0.4) is 0 Å². The fraction of sp³-hybridized carbons (Fsp3) is 0.200. The van der Waals surface area contributed by atoms with E-state index in [2.05, 4.69) is 10.3 Å². The maximum absolute atomic E-state index is 11.9. The van der Waals surface area contributed by atoms with E-state index in [0.717, 1.165) is 10.6 Å². The van der Waals surface area contributed by atoms with Crippen molar-refractivity contribution in [3.8, 4) is 0 Å². The zero-order valence-corrected chi connectivity index (χ0v) is 13.1. The van der Waals surface area contributed by atoms with Gasteiger partial charge in [0, 0.05) is 34.0 Å². The minimum atomic E-state index is -0.209. The van der Waals surface area contributed by atoms with E-state index in [1.807, 2.05) is 24.3 Å². The number of H-pyrrole nitrogens is 1. The molecule has 1 heterocycles. The lowest BCUT2D eigenvalue weighted by atomic mass is 10.2. The lowest BCUT2D eigenvalue weighted by Crippen LogP contribution is -2.25. The van der Waals surface area contributed by atoms with Crippen molar-refractivity contribution in [1.29, 1.82) is 0 Å². The van der Waals surface area contributed by atoms with Crippen molar-refractivity contribution in [3.05, 3.63) is 52.8 Å². The molecule has 4 nitrogen and oxygen atoms in total. The number of carbonyl (C=O) groups excluding carboxylic acids is 2. The molecule has 0 bridgehead atoms. The Balaban J connectivity index is 1.76. The van der Waals surface area contributed by atoms with Gasteiger partial charge in [-0.05, 0) is 37.3 Å². The molecule has 0 unspecified atom stereocenters. The summed E-state index contributed by atoms with van der Waals surface area (Å²) in [5, 5.41) is 3.51. The number of benzene rings is 1. The van der Waals surface area contributed by atoms with Gasteiger partial charge < -0.3 is 10.3 Å². The van der Waals surface area contributed by atoms with E-state index in [-0.39, 0.29) is 11.7 Å². The highest BCUT2D eigenvalue weighted by Crippen LogP contribution is 2.19. The summed E-state index contributed by atoms with van der Waals surface area (Å²) < 4.78 is 0. The number of nitrogens with one attached hydrogen (secondary N) is 2. The van der Waals surface area contributed by atoms with E-state index < -0.39 is 0 Å². The number of Topliss-reactive ketones (excluding diaryl/α,β-unsaturated/α-hetero) is 1. The molecule has 0 atom stereocenters. The van der Waals surface area contributed by atoms with Gasteiger partial charge >= 0.3 is 0 Å². The highest BCUT2D eigenvalue weighted by atomic mass is 35.5. The second-order valence-electron chi connectivity index (χ2n) is 4.42. The first-order valence-corrected chi connectivity index (χ1v) is 7.78. The van der Waals surface area contributed by atoms with Gasteiger partial charge in [-0.2, -0.15) is 0 Å². The summed E-state index contributed by atoms with van der Waals surface area (Å²) in [5.74, 6) is 0.482. The van der Waals surface area contributed by atoms with Crippen LogP contribution in [-0.2, 0) is 0 Å². The molecule has 0 saturated heterocycles. The molecule has 1 aromatic heterocycles. The van der Waals surface area contributed by atoms with Crippen LogP contribution in [0.1, 0.15) is 27.8 Å². The van der Waals surface area contributed by atoms with E-state index in [0.29, 0.717) is 22.8 Å². The van der Waals surface area contributed by atoms with Gasteiger partial charge in [-0.15, -0.1) is 11.8 Å². The normalized spacial score (nSPS) is 10.4. The Hall–Kier alpha value is -1.72. The molecule has 110 valence electrons. The Labute approximate surface area is 132 Å². The number of aromatic amines is 1. The van der Waals surface area contributed by atoms with Crippen LogP contribution in [-0.4, -0.2) is 29.0 Å². The van der Waals surface area contributed by atoms with Crippen molar-refractivity contribution in [2.24, 2.45) is 0 Å². The molecule has 1 aromatic carbocycles. The first kappa shape index (κ1) is 15.7. The van der Waals surface area contributed by atoms with Crippen LogP contribution in [0.25, 0.3) is 0 Å². The number of hydrogen-bond acceptors (Lipinski definition) is 3. The fourth-order valence-corrected chi connectivity index (χ4v) is 2.58. The molecule has 0 aliphatic heterocycles. The molecule has 0 fully saturated rings. The third-order valence-corrected chi connectivity index (χ3v) is 4.07. The molecule has 0 saturated carbocycles. The monoisotopic (exact) mass is 322 g/mol. The average molecular weight is 323 g/mol. The summed E-state index contributed by atoms with van der Waals surface area (Å²) in [6.07, 6.45) is 1.54. The summed E-state index contributed by atoms with van der Waals surface area (Å²) in [6, 6.07) is 9.12. The van der Waals surface area contributed by atoms with Crippen molar-refractivity contribution in [3.63, 3.8) is 0 Å². The van der Waals surface area contributed by atoms with Crippen LogP contribution in [0, 0.1) is 0 Å². The maximum atomic E-state index is 11.9. The Morgan fingerprint density at radius 1 is 1.29 bits per heavy atom. The van der Waals surface area contributed by atoms with Crippen molar-refractivity contribution in [2.75, 3.05) is 12.3 Å². The van der Waals surface area contributed by atoms with E-state index in [1.165, 1.54) is 6.92 Å². The van der Waals surface area contributed by atoms with E-state index in [4.69, 9.17) is 11.6 Å². The van der Waals surface area contributed by atoms with Gasteiger partial charge in [0.1, 0.15) is 5.69 Å². The number of thioether (sulfide) groups is 1. The second-order valence-corrected chi connectivity index (χ2v) is 6.02. The Bertz CT molecular complexity index is 637. The number of amides is 1. The highest BCUT2D eigenvalue weighted by molar-refractivity contribution is 7.99. The number of rotatable bonds is 6. The molecular weight excluding hydrogens is 308 g/mol. The topological polar surface area (TPSA) is 62.0 Å². The molecular formula is C15H15ClN2O2S. The van der Waals surface area contributed by atoms with Crippen molar-refractivity contribution in [1.82, 2.24) is 10.3 Å². The lowest BCUT2D eigenvalue weighted by Gasteiger charge is -2.04. The zero-order chi connectivity index (χ0) is 15.2. The van der Waals surface area contributed by atoms with Crippen molar-refractivity contribution >= 4 is 35.1 Å². The predicted octanol–water partition coefficient (Wildman–Crippen LogP) is 3.39. The van der Waals surface area contributed by atoms with Gasteiger partial charge in [0.05, 0.1) is 0 Å². The molecule has 0 radical (unpaired) electrons. The van der Waals surface area contributed by atoms with Gasteiger partial charge in [0.25, 0.3) is 5.91 Å². The highest BCUT2D eigenvalue weighted by Gasteiger charge is 2.09. The van der Waals surface area contributed by atoms with Crippen LogP contribution in [0.2, 0.25) is 5.02 Å². The van der Waals surface area contributed by atoms with Crippen LogP contribution in [0.5, 0.6) is 0 Å². The first-order valence-electron chi connectivity index (χ1n) is 6.42. The summed E-state index contributed by atoms with van der Waals surface area (Å²) in [6.45, 7) is 2.01. The molecule has 2 N–H and O–H groups in total. The quantitative estimate of drug-likeness (QED) is 0.487. The Kier molecular flexibility index (Phi) is 5.47. The molecule has 21 heavy (non-hydrogen) atoms. The number of ketones is 1. The summed E-state index contributed by atoms with van der Waals surface area (Å²) in [5.41, 5.74) is 0.910. The minimum Gasteiger partial charge on any atom is -0.356 e. The first-order chi connectivity index (χ1) is 10.1. The third-order valence-electron chi connectivity index (χ3n) is 2.80. The summed E-state index contributed by atoms with van der Waals surface area (Å²) in [7, 11) is 0. The van der Waals surface area contributed by atoms with Crippen LogP contribution >= 0.6 is 23.4 Å².